The summed E-state index contributed by atoms with van der Waals surface area (Å²) in [5, 5.41) is 3.43. The number of rotatable bonds is 14. The molecule has 7 heteroatoms. The first-order chi connectivity index (χ1) is 9.28. The van der Waals surface area contributed by atoms with Gasteiger partial charge in [0.05, 0.1) is 0 Å². The van der Waals surface area contributed by atoms with E-state index in [-0.39, 0.29) is 0 Å². The summed E-state index contributed by atoms with van der Waals surface area (Å²) in [7, 11) is 0. The van der Waals surface area contributed by atoms with Crippen LogP contribution in [0.15, 0.2) is 0 Å². The van der Waals surface area contributed by atoms with E-state index in [1.807, 2.05) is 0 Å². The lowest BCUT2D eigenvalue weighted by Gasteiger charge is -2.23. The van der Waals surface area contributed by atoms with E-state index in [0.717, 1.165) is 52.4 Å². The fourth-order valence-electron chi connectivity index (χ4n) is 2.00. The first kappa shape index (κ1) is 18.7. The Hall–Kier alpha value is -0.280. The molecule has 0 bridgehead atoms. The summed E-state index contributed by atoms with van der Waals surface area (Å²) in [4.78, 5) is 4.56. The topological polar surface area (TPSA) is 123 Å². The summed E-state index contributed by atoms with van der Waals surface area (Å²) >= 11 is 0. The fourth-order valence-corrected chi connectivity index (χ4v) is 2.00. The Balaban J connectivity index is 3.59. The maximum atomic E-state index is 5.56. The van der Waals surface area contributed by atoms with Gasteiger partial charge in [-0.1, -0.05) is 0 Å². The van der Waals surface area contributed by atoms with Gasteiger partial charge in [0, 0.05) is 78.5 Å². The predicted molar refractivity (Wildman–Crippen MR) is 82.0 cm³/mol. The zero-order valence-electron chi connectivity index (χ0n) is 12.2. The highest BCUT2D eigenvalue weighted by Crippen LogP contribution is 1.86. The molecule has 0 aromatic heterocycles. The maximum absolute atomic E-state index is 5.56. The third kappa shape index (κ3) is 11.3. The van der Waals surface area contributed by atoms with Crippen molar-refractivity contribution in [1.82, 2.24) is 15.1 Å². The fraction of sp³-hybridized carbons (Fsp3) is 1.00. The van der Waals surface area contributed by atoms with E-state index in [2.05, 4.69) is 15.1 Å². The monoisotopic (exact) mass is 275 g/mol. The average molecular weight is 275 g/mol. The number of hydrogen-bond donors (Lipinski definition) is 5. The first-order valence-corrected chi connectivity index (χ1v) is 7.24. The molecule has 0 aliphatic heterocycles. The van der Waals surface area contributed by atoms with Crippen molar-refractivity contribution in [2.45, 2.75) is 0 Å². The molecule has 0 atom stereocenters. The Morgan fingerprint density at radius 2 is 0.842 bits per heavy atom. The predicted octanol–water partition coefficient (Wildman–Crippen LogP) is -2.99. The summed E-state index contributed by atoms with van der Waals surface area (Å²) < 4.78 is 0. The molecule has 0 aliphatic rings. The second-order valence-electron chi connectivity index (χ2n) is 4.59. The Morgan fingerprint density at radius 1 is 0.526 bits per heavy atom. The SMILES string of the molecule is NCCN(CCN)CCNCCN(CCN)CCN. The van der Waals surface area contributed by atoms with Gasteiger partial charge >= 0.3 is 0 Å². The molecule has 0 radical (unpaired) electrons. The summed E-state index contributed by atoms with van der Waals surface area (Å²) in [6.45, 7) is 10.2. The highest BCUT2D eigenvalue weighted by molar-refractivity contribution is 4.64. The van der Waals surface area contributed by atoms with Crippen LogP contribution in [0, 0.1) is 0 Å². The smallest absolute Gasteiger partial charge is 0.0108 e. The van der Waals surface area contributed by atoms with Crippen LogP contribution >= 0.6 is 0 Å². The molecule has 0 saturated carbocycles. The van der Waals surface area contributed by atoms with E-state index < -0.39 is 0 Å². The van der Waals surface area contributed by atoms with Crippen LogP contribution in [0.5, 0.6) is 0 Å². The highest BCUT2D eigenvalue weighted by Gasteiger charge is 2.03. The zero-order valence-corrected chi connectivity index (χ0v) is 12.2. The third-order valence-corrected chi connectivity index (χ3v) is 2.99. The zero-order chi connectivity index (χ0) is 14.3. The number of nitrogens with one attached hydrogen (secondary N) is 1. The number of nitrogens with two attached hydrogens (primary N) is 4. The van der Waals surface area contributed by atoms with E-state index in [1.54, 1.807) is 0 Å². The minimum atomic E-state index is 0.681. The van der Waals surface area contributed by atoms with Gasteiger partial charge in [-0.25, -0.2) is 0 Å². The molecular weight excluding hydrogens is 242 g/mol. The second kappa shape index (κ2) is 14.1. The first-order valence-electron chi connectivity index (χ1n) is 7.24. The summed E-state index contributed by atoms with van der Waals surface area (Å²) in [6, 6.07) is 0. The molecule has 0 aliphatic carbocycles. The van der Waals surface area contributed by atoms with Gasteiger partial charge in [0.1, 0.15) is 0 Å². The molecule has 9 N–H and O–H groups in total. The molecule has 116 valence electrons. The molecule has 0 fully saturated rings. The van der Waals surface area contributed by atoms with Crippen LogP contribution in [0.4, 0.5) is 0 Å². The van der Waals surface area contributed by atoms with Crippen LogP contribution in [0.3, 0.4) is 0 Å². The molecule has 0 aromatic rings. The van der Waals surface area contributed by atoms with E-state index >= 15 is 0 Å². The molecule has 0 rings (SSSR count). The standard InChI is InChI=1S/C12H33N7/c13-1-7-18(8-2-14)11-5-17-6-12-19(9-3-15)10-4-16/h17H,1-16H2. The van der Waals surface area contributed by atoms with Crippen LogP contribution in [-0.2, 0) is 0 Å². The lowest BCUT2D eigenvalue weighted by Crippen LogP contribution is -2.41. The molecule has 0 unspecified atom stereocenters. The van der Waals surface area contributed by atoms with E-state index in [9.17, 15) is 0 Å². The van der Waals surface area contributed by atoms with E-state index in [4.69, 9.17) is 22.9 Å². The van der Waals surface area contributed by atoms with Gasteiger partial charge < -0.3 is 28.3 Å². The Bertz CT molecular complexity index is 149. The van der Waals surface area contributed by atoms with Gasteiger partial charge in [0.15, 0.2) is 0 Å². The van der Waals surface area contributed by atoms with Gasteiger partial charge in [0.25, 0.3) is 0 Å². The minimum Gasteiger partial charge on any atom is -0.329 e. The summed E-state index contributed by atoms with van der Waals surface area (Å²) in [6.07, 6.45) is 0. The Kier molecular flexibility index (Phi) is 13.9. The summed E-state index contributed by atoms with van der Waals surface area (Å²) in [5.74, 6) is 0. The molecule has 0 aromatic carbocycles. The Labute approximate surface area is 117 Å². The van der Waals surface area contributed by atoms with Crippen molar-refractivity contribution >= 4 is 0 Å². The molecule has 0 amide bonds. The largest absolute Gasteiger partial charge is 0.329 e. The third-order valence-electron chi connectivity index (χ3n) is 2.99. The molecule has 19 heavy (non-hydrogen) atoms. The number of nitrogens with zero attached hydrogens (tertiary/aromatic N) is 2. The van der Waals surface area contributed by atoms with Crippen molar-refractivity contribution in [2.75, 3.05) is 78.5 Å². The number of hydrogen-bond acceptors (Lipinski definition) is 7. The van der Waals surface area contributed by atoms with Gasteiger partial charge in [-0.3, -0.25) is 9.80 Å². The van der Waals surface area contributed by atoms with E-state index in [1.165, 1.54) is 0 Å². The highest BCUT2D eigenvalue weighted by atomic mass is 15.2. The molecule has 0 heterocycles. The van der Waals surface area contributed by atoms with E-state index in [0.29, 0.717) is 26.2 Å². The van der Waals surface area contributed by atoms with Gasteiger partial charge in [-0.05, 0) is 0 Å². The molecule has 0 spiro atoms. The van der Waals surface area contributed by atoms with Crippen molar-refractivity contribution in [2.24, 2.45) is 22.9 Å². The van der Waals surface area contributed by atoms with Crippen LogP contribution in [-0.4, -0.2) is 88.3 Å². The van der Waals surface area contributed by atoms with Crippen LogP contribution in [0.1, 0.15) is 0 Å². The minimum absolute atomic E-state index is 0.681. The van der Waals surface area contributed by atoms with Crippen molar-refractivity contribution in [1.29, 1.82) is 0 Å². The molecule has 0 saturated heterocycles. The van der Waals surface area contributed by atoms with Crippen LogP contribution < -0.4 is 28.3 Å². The van der Waals surface area contributed by atoms with Gasteiger partial charge in [-0.2, -0.15) is 0 Å². The van der Waals surface area contributed by atoms with Crippen molar-refractivity contribution in [3.8, 4) is 0 Å². The van der Waals surface area contributed by atoms with Crippen molar-refractivity contribution in [3.05, 3.63) is 0 Å². The second-order valence-corrected chi connectivity index (χ2v) is 4.59. The lowest BCUT2D eigenvalue weighted by atomic mass is 10.4. The van der Waals surface area contributed by atoms with Gasteiger partial charge in [-0.15, -0.1) is 0 Å². The quantitative estimate of drug-likeness (QED) is 0.214. The molecule has 7 nitrogen and oxygen atoms in total. The summed E-state index contributed by atoms with van der Waals surface area (Å²) in [5.41, 5.74) is 22.3. The Morgan fingerprint density at radius 3 is 1.11 bits per heavy atom. The maximum Gasteiger partial charge on any atom is 0.0108 e. The van der Waals surface area contributed by atoms with Crippen molar-refractivity contribution in [3.63, 3.8) is 0 Å². The molecular formula is C12H33N7. The van der Waals surface area contributed by atoms with Crippen LogP contribution in [0.25, 0.3) is 0 Å². The average Bonchev–Trinajstić information content (AvgIpc) is 2.39. The van der Waals surface area contributed by atoms with Gasteiger partial charge in [0.2, 0.25) is 0 Å². The van der Waals surface area contributed by atoms with Crippen LogP contribution in [0.2, 0.25) is 0 Å². The lowest BCUT2D eigenvalue weighted by molar-refractivity contribution is 0.270. The van der Waals surface area contributed by atoms with Crippen molar-refractivity contribution < 1.29 is 0 Å². The normalized spacial score (nSPS) is 11.7.